The number of benzene rings is 2. The van der Waals surface area contributed by atoms with E-state index in [2.05, 4.69) is 9.88 Å². The Balaban J connectivity index is 1.94. The smallest absolute Gasteiger partial charge is 0.270 e. The lowest BCUT2D eigenvalue weighted by atomic mass is 10.1. The predicted octanol–water partition coefficient (Wildman–Crippen LogP) is 3.42. The van der Waals surface area contributed by atoms with E-state index >= 15 is 0 Å². The number of non-ortho nitro benzene ring substituents is 1. The highest BCUT2D eigenvalue weighted by Crippen LogP contribution is 2.21. The molecule has 3 aromatic rings. The first-order valence-electron chi connectivity index (χ1n) is 9.22. The Bertz CT molecular complexity index is 1110. The van der Waals surface area contributed by atoms with Gasteiger partial charge in [-0.3, -0.25) is 24.4 Å². The Kier molecular flexibility index (Phi) is 4.87. The van der Waals surface area contributed by atoms with Gasteiger partial charge < -0.3 is 0 Å². The monoisotopic (exact) mass is 382 g/mol. The summed E-state index contributed by atoms with van der Waals surface area (Å²) in [4.78, 5) is 30.6. The lowest BCUT2D eigenvalue weighted by Crippen LogP contribution is -2.33. The van der Waals surface area contributed by atoms with Crippen LogP contribution < -0.4 is 5.56 Å². The van der Waals surface area contributed by atoms with E-state index in [1.54, 1.807) is 12.1 Å². The normalized spacial score (nSPS) is 15.0. The van der Waals surface area contributed by atoms with E-state index in [1.165, 1.54) is 41.3 Å². The highest BCUT2D eigenvalue weighted by atomic mass is 19.1. The number of hydrogen-bond donors (Lipinski definition) is 0. The number of nitrogens with zero attached hydrogens (tertiary/aromatic N) is 4. The van der Waals surface area contributed by atoms with Gasteiger partial charge in [0.15, 0.2) is 0 Å². The van der Waals surface area contributed by atoms with Gasteiger partial charge in [0.1, 0.15) is 11.6 Å². The Labute approximate surface area is 160 Å². The molecule has 0 atom stereocenters. The molecule has 8 heteroatoms. The molecule has 0 unspecified atom stereocenters. The third kappa shape index (κ3) is 3.38. The molecule has 2 aromatic carbocycles. The summed E-state index contributed by atoms with van der Waals surface area (Å²) in [5.74, 6) is -0.116. The second-order valence-electron chi connectivity index (χ2n) is 6.92. The quantitative estimate of drug-likeness (QED) is 0.510. The SMILES string of the molecule is O=c1c2cc([N+](=O)[O-])ccc2nc(CN2CCCCC2)n1-c1ccccc1F. The molecule has 1 aromatic heterocycles. The first kappa shape index (κ1) is 18.2. The first-order chi connectivity index (χ1) is 13.5. The molecule has 0 spiro atoms. The molecule has 4 rings (SSSR count). The van der Waals surface area contributed by atoms with Crippen molar-refractivity contribution in [1.82, 2.24) is 14.5 Å². The number of fused-ring (bicyclic) bond motifs is 1. The van der Waals surface area contributed by atoms with Gasteiger partial charge in [-0.05, 0) is 44.1 Å². The van der Waals surface area contributed by atoms with Crippen LogP contribution in [0.3, 0.4) is 0 Å². The van der Waals surface area contributed by atoms with Crippen molar-refractivity contribution >= 4 is 16.6 Å². The number of rotatable bonds is 4. The van der Waals surface area contributed by atoms with E-state index in [9.17, 15) is 19.3 Å². The minimum absolute atomic E-state index is 0.0971. The number of aromatic nitrogens is 2. The maximum atomic E-state index is 14.5. The van der Waals surface area contributed by atoms with Gasteiger partial charge in [0.05, 0.1) is 28.1 Å². The summed E-state index contributed by atoms with van der Waals surface area (Å²) in [7, 11) is 0. The molecule has 0 saturated carbocycles. The van der Waals surface area contributed by atoms with E-state index in [-0.39, 0.29) is 16.8 Å². The van der Waals surface area contributed by atoms with Crippen LogP contribution in [-0.4, -0.2) is 32.5 Å². The molecule has 7 nitrogen and oxygen atoms in total. The fourth-order valence-electron chi connectivity index (χ4n) is 3.64. The summed E-state index contributed by atoms with van der Waals surface area (Å²) >= 11 is 0. The Morgan fingerprint density at radius 2 is 1.86 bits per heavy atom. The van der Waals surface area contributed by atoms with Gasteiger partial charge in [-0.15, -0.1) is 0 Å². The largest absolute Gasteiger partial charge is 0.296 e. The van der Waals surface area contributed by atoms with Crippen LogP contribution >= 0.6 is 0 Å². The Morgan fingerprint density at radius 1 is 1.11 bits per heavy atom. The van der Waals surface area contributed by atoms with E-state index in [0.29, 0.717) is 17.9 Å². The maximum Gasteiger partial charge on any atom is 0.270 e. The number of likely N-dealkylation sites (tertiary alicyclic amines) is 1. The van der Waals surface area contributed by atoms with Gasteiger partial charge in [0.2, 0.25) is 0 Å². The van der Waals surface area contributed by atoms with Gasteiger partial charge in [-0.2, -0.15) is 0 Å². The number of halogens is 1. The highest BCUT2D eigenvalue weighted by molar-refractivity contribution is 5.80. The summed E-state index contributed by atoms with van der Waals surface area (Å²) in [6.07, 6.45) is 3.32. The van der Waals surface area contributed by atoms with Gasteiger partial charge in [0.25, 0.3) is 11.2 Å². The minimum Gasteiger partial charge on any atom is -0.296 e. The van der Waals surface area contributed by atoms with Crippen molar-refractivity contribution in [2.45, 2.75) is 25.8 Å². The van der Waals surface area contributed by atoms with E-state index in [4.69, 9.17) is 0 Å². The van der Waals surface area contributed by atoms with E-state index in [1.807, 2.05) is 0 Å². The number of nitro groups is 1. The summed E-state index contributed by atoms with van der Waals surface area (Å²) in [6, 6.07) is 9.99. The van der Waals surface area contributed by atoms with Crippen molar-refractivity contribution in [3.8, 4) is 5.69 Å². The summed E-state index contributed by atoms with van der Waals surface area (Å²) in [5.41, 5.74) is -0.239. The number of nitro benzene ring substituents is 1. The molecule has 1 aliphatic heterocycles. The average Bonchev–Trinajstić information content (AvgIpc) is 2.70. The molecule has 144 valence electrons. The molecule has 1 aliphatic rings. The molecule has 1 saturated heterocycles. The second kappa shape index (κ2) is 7.47. The zero-order chi connectivity index (χ0) is 19.7. The van der Waals surface area contributed by atoms with E-state index < -0.39 is 16.3 Å². The molecular weight excluding hydrogens is 363 g/mol. The molecular formula is C20H19FN4O3. The van der Waals surface area contributed by atoms with Crippen LogP contribution in [0.1, 0.15) is 25.1 Å². The second-order valence-corrected chi connectivity index (χ2v) is 6.92. The van der Waals surface area contributed by atoms with Crippen LogP contribution in [0.15, 0.2) is 47.3 Å². The maximum absolute atomic E-state index is 14.5. The van der Waals surface area contributed by atoms with Crippen molar-refractivity contribution in [2.24, 2.45) is 0 Å². The highest BCUT2D eigenvalue weighted by Gasteiger charge is 2.20. The molecule has 0 N–H and O–H groups in total. The zero-order valence-electron chi connectivity index (χ0n) is 15.2. The van der Waals surface area contributed by atoms with Gasteiger partial charge in [-0.1, -0.05) is 18.6 Å². The lowest BCUT2D eigenvalue weighted by Gasteiger charge is -2.27. The van der Waals surface area contributed by atoms with Crippen molar-refractivity contribution in [3.63, 3.8) is 0 Å². The first-order valence-corrected chi connectivity index (χ1v) is 9.22. The standard InChI is InChI=1S/C20H19FN4O3/c21-16-6-2-3-7-18(16)24-19(13-23-10-4-1-5-11-23)22-17-9-8-14(25(27)28)12-15(17)20(24)26/h2-3,6-9,12H,1,4-5,10-11,13H2. The molecule has 28 heavy (non-hydrogen) atoms. The molecule has 1 fully saturated rings. The number of hydrogen-bond acceptors (Lipinski definition) is 5. The van der Waals surface area contributed by atoms with Crippen molar-refractivity contribution < 1.29 is 9.31 Å². The topological polar surface area (TPSA) is 81.3 Å². The van der Waals surface area contributed by atoms with Crippen LogP contribution in [0.5, 0.6) is 0 Å². The molecule has 0 amide bonds. The van der Waals surface area contributed by atoms with Crippen LogP contribution in [0.25, 0.3) is 16.6 Å². The summed E-state index contributed by atoms with van der Waals surface area (Å²) in [6.45, 7) is 2.20. The predicted molar refractivity (Wildman–Crippen MR) is 103 cm³/mol. The number of piperidine rings is 1. The van der Waals surface area contributed by atoms with Gasteiger partial charge in [-0.25, -0.2) is 9.37 Å². The Hall–Kier alpha value is -3.13. The van der Waals surface area contributed by atoms with Crippen molar-refractivity contribution in [1.29, 1.82) is 0 Å². The fraction of sp³-hybridized carbons (Fsp3) is 0.300. The van der Waals surface area contributed by atoms with Crippen LogP contribution in [0.2, 0.25) is 0 Å². The van der Waals surface area contributed by atoms with Crippen LogP contribution in [0, 0.1) is 15.9 Å². The minimum atomic E-state index is -0.562. The zero-order valence-corrected chi connectivity index (χ0v) is 15.2. The van der Waals surface area contributed by atoms with Crippen molar-refractivity contribution in [3.05, 3.63) is 74.6 Å². The molecule has 0 bridgehead atoms. The molecule has 0 aliphatic carbocycles. The van der Waals surface area contributed by atoms with Crippen LogP contribution in [0.4, 0.5) is 10.1 Å². The third-order valence-electron chi connectivity index (χ3n) is 5.04. The molecule has 0 radical (unpaired) electrons. The number of para-hydroxylation sites is 1. The molecule has 2 heterocycles. The third-order valence-corrected chi connectivity index (χ3v) is 5.04. The average molecular weight is 382 g/mol. The Morgan fingerprint density at radius 3 is 2.57 bits per heavy atom. The fourth-order valence-corrected chi connectivity index (χ4v) is 3.64. The summed E-state index contributed by atoms with van der Waals surface area (Å²) < 4.78 is 15.8. The van der Waals surface area contributed by atoms with E-state index in [0.717, 1.165) is 25.9 Å². The van der Waals surface area contributed by atoms with Gasteiger partial charge in [0, 0.05) is 12.1 Å². The summed E-state index contributed by atoms with van der Waals surface area (Å²) in [5, 5.41) is 11.2. The van der Waals surface area contributed by atoms with Crippen LogP contribution in [-0.2, 0) is 6.54 Å². The van der Waals surface area contributed by atoms with Crippen molar-refractivity contribution in [2.75, 3.05) is 13.1 Å². The van der Waals surface area contributed by atoms with Gasteiger partial charge >= 0.3 is 0 Å². The lowest BCUT2D eigenvalue weighted by molar-refractivity contribution is -0.384.